The van der Waals surface area contributed by atoms with Gasteiger partial charge in [0.1, 0.15) is 17.9 Å². The van der Waals surface area contributed by atoms with Crippen LogP contribution in [0.3, 0.4) is 0 Å². The van der Waals surface area contributed by atoms with Gasteiger partial charge in [-0.1, -0.05) is 31.2 Å². The standard InChI is InChI=1S/C27H21F3N6O2S/c1-2-18-4-3-13-31-25(18)34-26(37)35-39-33-15-17-5-11-22-19(14-17)6-12-23-24(22)32-16-36(23)20-7-9-21(10-8-20)38-27(28,29)30/h3-16H,2H2,1H3,(H2,31,34,35,37)/b33-15+. The molecule has 0 aliphatic carbocycles. The number of nitrogens with zero attached hydrogens (tertiary/aromatic N) is 4. The topological polar surface area (TPSA) is 93.4 Å². The number of benzene rings is 3. The number of fused-ring (bicyclic) bond motifs is 3. The normalized spacial score (nSPS) is 11.8. The molecule has 0 aliphatic rings. The highest BCUT2D eigenvalue weighted by Gasteiger charge is 2.31. The van der Waals surface area contributed by atoms with Gasteiger partial charge in [0, 0.05) is 23.5 Å². The molecule has 0 atom stereocenters. The molecule has 5 rings (SSSR count). The Morgan fingerprint density at radius 3 is 2.69 bits per heavy atom. The van der Waals surface area contributed by atoms with E-state index in [1.165, 1.54) is 24.3 Å². The summed E-state index contributed by atoms with van der Waals surface area (Å²) in [6, 6.07) is 18.5. The summed E-state index contributed by atoms with van der Waals surface area (Å²) in [6.45, 7) is 1.98. The summed E-state index contributed by atoms with van der Waals surface area (Å²) in [6.07, 6.45) is 0.884. The summed E-state index contributed by atoms with van der Waals surface area (Å²) in [5.41, 5.74) is 3.97. The zero-order chi connectivity index (χ0) is 27.4. The predicted octanol–water partition coefficient (Wildman–Crippen LogP) is 6.84. The lowest BCUT2D eigenvalue weighted by Gasteiger charge is -2.10. The number of halogens is 3. The first-order valence-corrected chi connectivity index (χ1v) is 12.5. The van der Waals surface area contributed by atoms with Crippen LogP contribution >= 0.6 is 12.1 Å². The van der Waals surface area contributed by atoms with Crippen LogP contribution in [-0.2, 0) is 6.42 Å². The number of amides is 2. The smallest absolute Gasteiger partial charge is 0.406 e. The molecular weight excluding hydrogens is 529 g/mol. The minimum Gasteiger partial charge on any atom is -0.406 e. The summed E-state index contributed by atoms with van der Waals surface area (Å²) in [5, 5.41) is 4.55. The summed E-state index contributed by atoms with van der Waals surface area (Å²) in [7, 11) is 0. The molecule has 2 N–H and O–H groups in total. The van der Waals surface area contributed by atoms with Gasteiger partial charge in [-0.2, -0.15) is 0 Å². The average molecular weight is 551 g/mol. The number of hydrogen-bond donors (Lipinski definition) is 2. The van der Waals surface area contributed by atoms with Crippen molar-refractivity contribution in [1.82, 2.24) is 19.3 Å². The van der Waals surface area contributed by atoms with Gasteiger partial charge in [0.15, 0.2) is 0 Å². The third kappa shape index (κ3) is 6.12. The minimum absolute atomic E-state index is 0.289. The monoisotopic (exact) mass is 550 g/mol. The lowest BCUT2D eigenvalue weighted by Crippen LogP contribution is -2.23. The quantitative estimate of drug-likeness (QED) is 0.171. The molecule has 0 saturated carbocycles. The summed E-state index contributed by atoms with van der Waals surface area (Å²) in [4.78, 5) is 20.9. The fourth-order valence-corrected chi connectivity index (χ4v) is 4.41. The largest absolute Gasteiger partial charge is 0.573 e. The second-order valence-corrected chi connectivity index (χ2v) is 8.91. The number of carbonyl (C=O) groups is 1. The van der Waals surface area contributed by atoms with Crippen molar-refractivity contribution in [3.05, 3.63) is 90.4 Å². The van der Waals surface area contributed by atoms with Gasteiger partial charge >= 0.3 is 12.4 Å². The Morgan fingerprint density at radius 2 is 1.92 bits per heavy atom. The van der Waals surface area contributed by atoms with Gasteiger partial charge in [0.05, 0.1) is 23.2 Å². The van der Waals surface area contributed by atoms with Crippen LogP contribution < -0.4 is 14.8 Å². The maximum absolute atomic E-state index is 12.4. The van der Waals surface area contributed by atoms with E-state index in [1.807, 2.05) is 49.4 Å². The Morgan fingerprint density at radius 1 is 1.10 bits per heavy atom. The summed E-state index contributed by atoms with van der Waals surface area (Å²) in [5.74, 6) is 0.223. The van der Waals surface area contributed by atoms with Crippen molar-refractivity contribution in [3.63, 3.8) is 0 Å². The molecule has 0 fully saturated rings. The molecule has 0 unspecified atom stereocenters. The molecular formula is C27H21F3N6O2S. The SMILES string of the molecule is CCc1cccnc1NC(=O)NS/N=C/c1ccc2c(ccc3c2ncn3-c2ccc(OC(F)(F)F)cc2)c1. The van der Waals surface area contributed by atoms with Gasteiger partial charge in [0.2, 0.25) is 0 Å². The Bertz CT molecular complexity index is 1670. The van der Waals surface area contributed by atoms with E-state index in [4.69, 9.17) is 0 Å². The second-order valence-electron chi connectivity index (χ2n) is 8.32. The number of hydrogen-bond acceptors (Lipinski definition) is 6. The van der Waals surface area contributed by atoms with Crippen molar-refractivity contribution in [3.8, 4) is 11.4 Å². The van der Waals surface area contributed by atoms with E-state index in [0.717, 1.165) is 51.5 Å². The third-order valence-corrected chi connectivity index (χ3v) is 6.29. The minimum atomic E-state index is -4.74. The molecule has 5 aromatic rings. The third-order valence-electron chi connectivity index (χ3n) is 5.80. The molecule has 0 aliphatic heterocycles. The van der Waals surface area contributed by atoms with Crippen molar-refractivity contribution >= 4 is 52.0 Å². The molecule has 8 nitrogen and oxygen atoms in total. The van der Waals surface area contributed by atoms with Crippen molar-refractivity contribution in [1.29, 1.82) is 0 Å². The van der Waals surface area contributed by atoms with Gasteiger partial charge in [-0.25, -0.2) is 19.2 Å². The molecule has 0 bridgehead atoms. The zero-order valence-electron chi connectivity index (χ0n) is 20.4. The van der Waals surface area contributed by atoms with Crippen LogP contribution in [0.25, 0.3) is 27.5 Å². The van der Waals surface area contributed by atoms with E-state index in [1.54, 1.807) is 23.3 Å². The van der Waals surface area contributed by atoms with E-state index in [-0.39, 0.29) is 5.75 Å². The number of aromatic nitrogens is 3. The van der Waals surface area contributed by atoms with E-state index in [2.05, 4.69) is 29.1 Å². The van der Waals surface area contributed by atoms with Crippen LogP contribution in [0.4, 0.5) is 23.8 Å². The van der Waals surface area contributed by atoms with Crippen molar-refractivity contribution in [2.24, 2.45) is 4.40 Å². The number of anilines is 1. The first-order chi connectivity index (χ1) is 18.8. The van der Waals surface area contributed by atoms with Crippen LogP contribution in [0, 0.1) is 0 Å². The molecule has 3 aromatic carbocycles. The first kappa shape index (κ1) is 26.0. The van der Waals surface area contributed by atoms with Crippen LogP contribution in [0.1, 0.15) is 18.1 Å². The molecule has 198 valence electrons. The van der Waals surface area contributed by atoms with Crippen LogP contribution in [0.15, 0.2) is 83.7 Å². The van der Waals surface area contributed by atoms with E-state index in [0.29, 0.717) is 11.5 Å². The number of urea groups is 1. The fourth-order valence-electron chi connectivity index (χ4n) is 4.05. The molecule has 0 spiro atoms. The molecule has 12 heteroatoms. The Hall–Kier alpha value is -4.58. The molecule has 0 saturated heterocycles. The number of carbonyl (C=O) groups excluding carboxylic acids is 1. The van der Waals surface area contributed by atoms with Gasteiger partial charge in [-0.15, -0.1) is 13.2 Å². The Labute approximate surface area is 225 Å². The first-order valence-electron chi connectivity index (χ1n) is 11.8. The highest BCUT2D eigenvalue weighted by atomic mass is 32.2. The summed E-state index contributed by atoms with van der Waals surface area (Å²) >= 11 is 0.894. The average Bonchev–Trinajstić information content (AvgIpc) is 3.35. The predicted molar refractivity (Wildman–Crippen MR) is 146 cm³/mol. The maximum atomic E-state index is 12.4. The van der Waals surface area contributed by atoms with Gasteiger partial charge < -0.3 is 4.74 Å². The van der Waals surface area contributed by atoms with E-state index in [9.17, 15) is 18.0 Å². The van der Waals surface area contributed by atoms with Crippen molar-refractivity contribution in [2.45, 2.75) is 19.7 Å². The molecule has 39 heavy (non-hydrogen) atoms. The number of aryl methyl sites for hydroxylation is 1. The number of rotatable bonds is 7. The second kappa shape index (κ2) is 11.0. The number of imidazole rings is 1. The molecule has 0 radical (unpaired) electrons. The molecule has 2 heterocycles. The van der Waals surface area contributed by atoms with Gasteiger partial charge in [0.25, 0.3) is 0 Å². The Balaban J connectivity index is 1.26. The van der Waals surface area contributed by atoms with Crippen molar-refractivity contribution < 1.29 is 22.7 Å². The van der Waals surface area contributed by atoms with Gasteiger partial charge in [-0.3, -0.25) is 14.6 Å². The number of ether oxygens (including phenoxy) is 1. The number of alkyl halides is 3. The fraction of sp³-hybridized carbons (Fsp3) is 0.111. The number of nitrogens with one attached hydrogen (secondary N) is 2. The Kier molecular flexibility index (Phi) is 7.37. The maximum Gasteiger partial charge on any atom is 0.573 e. The lowest BCUT2D eigenvalue weighted by molar-refractivity contribution is -0.274. The van der Waals surface area contributed by atoms with E-state index >= 15 is 0 Å². The zero-order valence-corrected chi connectivity index (χ0v) is 21.3. The molecule has 2 aromatic heterocycles. The number of pyridine rings is 1. The van der Waals surface area contributed by atoms with Crippen molar-refractivity contribution in [2.75, 3.05) is 5.32 Å². The van der Waals surface area contributed by atoms with Crippen LogP contribution in [0.2, 0.25) is 0 Å². The van der Waals surface area contributed by atoms with Crippen LogP contribution in [-0.4, -0.2) is 33.1 Å². The summed E-state index contributed by atoms with van der Waals surface area (Å²) < 4.78 is 49.9. The van der Waals surface area contributed by atoms with Gasteiger partial charge in [-0.05, 0) is 65.4 Å². The highest BCUT2D eigenvalue weighted by molar-refractivity contribution is 7.96. The molecule has 2 amide bonds. The van der Waals surface area contributed by atoms with E-state index < -0.39 is 12.4 Å². The lowest BCUT2D eigenvalue weighted by atomic mass is 10.1. The van der Waals surface area contributed by atoms with Crippen LogP contribution in [0.5, 0.6) is 5.75 Å². The highest BCUT2D eigenvalue weighted by Crippen LogP contribution is 2.29.